The largest absolute Gasteiger partial charge is 0.450 e. The van der Waals surface area contributed by atoms with Gasteiger partial charge in [-0.05, 0) is 56.8 Å². The molecule has 0 spiro atoms. The van der Waals surface area contributed by atoms with Gasteiger partial charge in [0, 0.05) is 29.1 Å². The van der Waals surface area contributed by atoms with Crippen molar-refractivity contribution in [3.05, 3.63) is 23.8 Å². The molecule has 0 bridgehead atoms. The molecule has 7 heteroatoms. The number of carbonyl (C=O) groups excluding carboxylic acids is 3. The van der Waals surface area contributed by atoms with Crippen LogP contribution in [0.2, 0.25) is 0 Å². The molecule has 4 aliphatic carbocycles. The second-order valence-electron chi connectivity index (χ2n) is 10.6. The zero-order valence-electron chi connectivity index (χ0n) is 19.3. The Labute approximate surface area is 187 Å². The Balaban J connectivity index is 1.87. The summed E-state index contributed by atoms with van der Waals surface area (Å²) in [6, 6.07) is 0. The maximum Gasteiger partial charge on any atom is 0.306 e. The molecule has 2 unspecified atom stereocenters. The number of hydrogen-bond acceptors (Lipinski definition) is 5. The van der Waals surface area contributed by atoms with Gasteiger partial charge in [-0.15, -0.1) is 0 Å². The van der Waals surface area contributed by atoms with Gasteiger partial charge in [0.15, 0.2) is 22.8 Å². The number of ether oxygens (including phenoxy) is 1. The molecule has 1 N–H and O–H groups in total. The molecular weight excluding hydrogens is 418 g/mol. The molecule has 0 amide bonds. The van der Waals surface area contributed by atoms with Crippen molar-refractivity contribution in [3.63, 3.8) is 0 Å². The van der Waals surface area contributed by atoms with Crippen LogP contribution >= 0.6 is 0 Å². The maximum absolute atomic E-state index is 17.1. The van der Waals surface area contributed by atoms with E-state index in [2.05, 4.69) is 0 Å². The van der Waals surface area contributed by atoms with Crippen molar-refractivity contribution in [2.24, 2.45) is 28.6 Å². The molecule has 32 heavy (non-hydrogen) atoms. The number of aliphatic hydroxyl groups is 1. The molecule has 0 saturated heterocycles. The molecule has 0 aliphatic heterocycles. The van der Waals surface area contributed by atoms with Gasteiger partial charge in [-0.2, -0.15) is 0 Å². The molecule has 4 rings (SSSR count). The first-order chi connectivity index (χ1) is 14.8. The number of rotatable bonds is 3. The summed E-state index contributed by atoms with van der Waals surface area (Å²) in [6.07, 6.45) is 0.869. The lowest BCUT2D eigenvalue weighted by Gasteiger charge is -2.63. The van der Waals surface area contributed by atoms with Gasteiger partial charge in [-0.25, -0.2) is 8.78 Å². The maximum atomic E-state index is 17.1. The molecule has 5 nitrogen and oxygen atoms in total. The van der Waals surface area contributed by atoms with Gasteiger partial charge in [0.05, 0.1) is 6.10 Å². The molecule has 9 atom stereocenters. The van der Waals surface area contributed by atoms with Gasteiger partial charge < -0.3 is 9.84 Å². The summed E-state index contributed by atoms with van der Waals surface area (Å²) in [5, 5.41) is 11.3. The van der Waals surface area contributed by atoms with E-state index in [-0.39, 0.29) is 30.6 Å². The van der Waals surface area contributed by atoms with Crippen molar-refractivity contribution in [2.75, 3.05) is 0 Å². The monoisotopic (exact) mass is 450 g/mol. The predicted molar refractivity (Wildman–Crippen MR) is 113 cm³/mol. The molecule has 176 valence electrons. The van der Waals surface area contributed by atoms with Crippen molar-refractivity contribution in [3.8, 4) is 0 Å². The van der Waals surface area contributed by atoms with E-state index < -0.39 is 63.9 Å². The minimum Gasteiger partial charge on any atom is -0.450 e. The van der Waals surface area contributed by atoms with Crippen LogP contribution in [-0.4, -0.2) is 46.2 Å². The Kier molecular flexibility index (Phi) is 5.13. The van der Waals surface area contributed by atoms with E-state index in [4.69, 9.17) is 4.74 Å². The van der Waals surface area contributed by atoms with E-state index in [9.17, 15) is 19.5 Å². The molecule has 0 aromatic heterocycles. The van der Waals surface area contributed by atoms with Crippen LogP contribution < -0.4 is 0 Å². The summed E-state index contributed by atoms with van der Waals surface area (Å²) in [4.78, 5) is 37.3. The van der Waals surface area contributed by atoms with Gasteiger partial charge in [0.2, 0.25) is 0 Å². The summed E-state index contributed by atoms with van der Waals surface area (Å²) in [5.41, 5.74) is -6.19. The van der Waals surface area contributed by atoms with Crippen molar-refractivity contribution >= 4 is 17.5 Å². The van der Waals surface area contributed by atoms with Crippen LogP contribution in [-0.2, 0) is 19.1 Å². The summed E-state index contributed by atoms with van der Waals surface area (Å²) in [5.74, 6) is -3.06. The number of ketones is 2. The normalized spacial score (nSPS) is 49.6. The fourth-order valence-corrected chi connectivity index (χ4v) is 7.81. The van der Waals surface area contributed by atoms with Crippen LogP contribution in [0.25, 0.3) is 0 Å². The molecule has 0 radical (unpaired) electrons. The Morgan fingerprint density at radius 2 is 1.91 bits per heavy atom. The number of halogens is 2. The van der Waals surface area contributed by atoms with E-state index in [1.165, 1.54) is 19.1 Å². The third-order valence-electron chi connectivity index (χ3n) is 9.26. The first kappa shape index (κ1) is 23.3. The molecular formula is C25H32F2O5. The Morgan fingerprint density at radius 3 is 2.50 bits per heavy atom. The minimum atomic E-state index is -2.22. The van der Waals surface area contributed by atoms with E-state index in [1.54, 1.807) is 20.8 Å². The second-order valence-corrected chi connectivity index (χ2v) is 10.6. The van der Waals surface area contributed by atoms with Crippen LogP contribution in [0, 0.1) is 28.6 Å². The number of hydrogen-bond donors (Lipinski definition) is 1. The number of Topliss-reactive ketones (excluding diaryl/α,β-unsaturated/α-hetero) is 1. The summed E-state index contributed by atoms with van der Waals surface area (Å²) >= 11 is 0. The summed E-state index contributed by atoms with van der Waals surface area (Å²) in [7, 11) is 0. The summed E-state index contributed by atoms with van der Waals surface area (Å²) in [6.45, 7) is 8.13. The molecule has 3 saturated carbocycles. The quantitative estimate of drug-likeness (QED) is 0.661. The summed E-state index contributed by atoms with van der Waals surface area (Å²) < 4.78 is 38.4. The highest BCUT2D eigenvalue weighted by Crippen LogP contribution is 2.71. The van der Waals surface area contributed by atoms with Crippen molar-refractivity contribution in [1.29, 1.82) is 0 Å². The first-order valence-corrected chi connectivity index (χ1v) is 11.5. The lowest BCUT2D eigenvalue weighted by atomic mass is 9.44. The van der Waals surface area contributed by atoms with Crippen LogP contribution in [0.15, 0.2) is 23.8 Å². The lowest BCUT2D eigenvalue weighted by Crippen LogP contribution is -2.70. The Hall–Kier alpha value is -1.89. The second kappa shape index (κ2) is 7.05. The van der Waals surface area contributed by atoms with E-state index in [1.807, 2.05) is 6.92 Å². The van der Waals surface area contributed by atoms with Crippen molar-refractivity contribution in [2.45, 2.75) is 83.8 Å². The smallest absolute Gasteiger partial charge is 0.306 e. The van der Waals surface area contributed by atoms with Crippen LogP contribution in [0.5, 0.6) is 0 Å². The van der Waals surface area contributed by atoms with Gasteiger partial charge in [-0.1, -0.05) is 26.8 Å². The molecule has 0 aromatic carbocycles. The standard InChI is InChI=1S/C25H32F2O5/c1-6-21(31)32-25(14(3)28)13(2)9-16-17-11-19(26)18-10-15(29)7-8-22(18,4)24(17,27)20(30)12-23(16,25)5/h7-8,10,13,16-17,19-20,30H,6,9,11-12H2,1-5H3/t13-,16?,17?,19+,20+,22+,23+,24+,25+/m1/s1. The van der Waals surface area contributed by atoms with Crippen LogP contribution in [0.1, 0.15) is 60.3 Å². The molecule has 0 aromatic rings. The van der Waals surface area contributed by atoms with Crippen LogP contribution in [0.4, 0.5) is 8.78 Å². The highest BCUT2D eigenvalue weighted by atomic mass is 19.1. The van der Waals surface area contributed by atoms with Gasteiger partial charge >= 0.3 is 5.97 Å². The highest BCUT2D eigenvalue weighted by Gasteiger charge is 2.77. The Morgan fingerprint density at radius 1 is 1.25 bits per heavy atom. The first-order valence-electron chi connectivity index (χ1n) is 11.5. The average Bonchev–Trinajstić information content (AvgIpc) is 2.93. The lowest BCUT2D eigenvalue weighted by molar-refractivity contribution is -0.230. The van der Waals surface area contributed by atoms with Gasteiger partial charge in [0.25, 0.3) is 0 Å². The third kappa shape index (κ3) is 2.54. The van der Waals surface area contributed by atoms with E-state index in [0.29, 0.717) is 6.42 Å². The predicted octanol–water partition coefficient (Wildman–Crippen LogP) is 3.83. The zero-order valence-corrected chi connectivity index (χ0v) is 19.3. The number of aliphatic hydroxyl groups excluding tert-OH is 1. The van der Waals surface area contributed by atoms with E-state index >= 15 is 8.78 Å². The molecule has 4 aliphatic rings. The number of esters is 1. The van der Waals surface area contributed by atoms with Crippen LogP contribution in [0.3, 0.4) is 0 Å². The fraction of sp³-hybridized carbons (Fsp3) is 0.720. The van der Waals surface area contributed by atoms with Gasteiger partial charge in [-0.3, -0.25) is 14.4 Å². The number of allylic oxidation sites excluding steroid dienone is 4. The number of carbonyl (C=O) groups is 3. The Bertz CT molecular complexity index is 943. The van der Waals surface area contributed by atoms with Crippen molar-refractivity contribution in [1.82, 2.24) is 0 Å². The average molecular weight is 451 g/mol. The third-order valence-corrected chi connectivity index (χ3v) is 9.26. The molecule has 0 heterocycles. The number of fused-ring (bicyclic) bond motifs is 5. The zero-order chi connectivity index (χ0) is 23.9. The highest BCUT2D eigenvalue weighted by molar-refractivity contribution is 6.01. The minimum absolute atomic E-state index is 0.0627. The fourth-order valence-electron chi connectivity index (χ4n) is 7.81. The van der Waals surface area contributed by atoms with Gasteiger partial charge in [0.1, 0.15) is 6.17 Å². The SMILES string of the molecule is CCC(=O)O[C@]1(C(C)=O)[C@H](C)CC2C3C[C@H](F)C4=CC(=O)C=C[C@]4(C)[C@@]3(F)[C@@H](O)C[C@@]21C. The van der Waals surface area contributed by atoms with Crippen molar-refractivity contribution < 1.29 is 33.0 Å². The number of alkyl halides is 2. The topological polar surface area (TPSA) is 80.7 Å². The molecule has 3 fully saturated rings. The van der Waals surface area contributed by atoms with E-state index in [0.717, 1.165) is 6.08 Å².